The number of hydrogen-bond acceptors (Lipinski definition) is 9. The fourth-order valence-electron chi connectivity index (χ4n) is 5.13. The minimum absolute atomic E-state index is 0.00286. The molecular formula is C29H38N6O7. The molecule has 1 saturated carbocycles. The first-order valence-corrected chi connectivity index (χ1v) is 14.4. The summed E-state index contributed by atoms with van der Waals surface area (Å²) in [6.07, 6.45) is 1.87. The normalized spacial score (nSPS) is 19.5. The number of carboxylic acid groups (broad SMARTS) is 1. The number of carbonyl (C=O) groups excluding carboxylic acids is 3. The lowest BCUT2D eigenvalue weighted by Gasteiger charge is -2.35. The van der Waals surface area contributed by atoms with Crippen LogP contribution >= 0.6 is 0 Å². The number of hydrogen-bond donors (Lipinski definition) is 4. The topological polar surface area (TPSA) is 174 Å². The summed E-state index contributed by atoms with van der Waals surface area (Å²) in [6, 6.07) is 9.25. The third kappa shape index (κ3) is 8.15. The Hall–Kier alpha value is -4.26. The minimum atomic E-state index is -1.12. The molecule has 1 aromatic heterocycles. The van der Waals surface area contributed by atoms with Crippen LogP contribution < -0.4 is 10.6 Å². The van der Waals surface area contributed by atoms with E-state index >= 15 is 0 Å². The van der Waals surface area contributed by atoms with Crippen molar-refractivity contribution in [1.82, 2.24) is 25.1 Å². The van der Waals surface area contributed by atoms with Gasteiger partial charge in [-0.2, -0.15) is 0 Å². The van der Waals surface area contributed by atoms with Crippen LogP contribution in [0.1, 0.15) is 55.9 Å². The first-order chi connectivity index (χ1) is 20.2. The van der Waals surface area contributed by atoms with Crippen LogP contribution in [-0.2, 0) is 14.3 Å². The summed E-state index contributed by atoms with van der Waals surface area (Å²) in [7, 11) is 0. The second-order valence-electron chi connectivity index (χ2n) is 10.4. The number of carbonyl (C=O) groups is 4. The highest BCUT2D eigenvalue weighted by Crippen LogP contribution is 2.24. The van der Waals surface area contributed by atoms with E-state index in [1.165, 1.54) is 15.9 Å². The number of aromatic nitrogens is 2. The van der Waals surface area contributed by atoms with E-state index in [1.54, 1.807) is 6.92 Å². The van der Waals surface area contributed by atoms with Gasteiger partial charge in [0.15, 0.2) is 5.82 Å². The molecule has 13 nitrogen and oxygen atoms in total. The lowest BCUT2D eigenvalue weighted by molar-refractivity contribution is -0.138. The quantitative estimate of drug-likeness (QED) is 0.325. The third-order valence-corrected chi connectivity index (χ3v) is 7.42. The summed E-state index contributed by atoms with van der Waals surface area (Å²) in [4.78, 5) is 62.4. The van der Waals surface area contributed by atoms with Crippen LogP contribution in [0.5, 0.6) is 0 Å². The summed E-state index contributed by atoms with van der Waals surface area (Å²) < 4.78 is 5.03. The summed E-state index contributed by atoms with van der Waals surface area (Å²) >= 11 is 0. The Balaban J connectivity index is 1.54. The zero-order valence-corrected chi connectivity index (χ0v) is 23.7. The number of amides is 3. The average Bonchev–Trinajstić information content (AvgIpc) is 3.00. The molecule has 0 radical (unpaired) electrons. The Labute approximate surface area is 244 Å². The molecule has 42 heavy (non-hydrogen) atoms. The molecule has 226 valence electrons. The van der Waals surface area contributed by atoms with Crippen molar-refractivity contribution in [3.63, 3.8) is 0 Å². The van der Waals surface area contributed by atoms with Gasteiger partial charge < -0.3 is 35.4 Å². The molecule has 0 bridgehead atoms. The van der Waals surface area contributed by atoms with Crippen LogP contribution in [0, 0.1) is 0 Å². The van der Waals surface area contributed by atoms with Crippen molar-refractivity contribution in [2.24, 2.45) is 0 Å². The molecule has 1 aromatic carbocycles. The molecule has 1 aliphatic carbocycles. The first kappa shape index (κ1) is 30.7. The maximum atomic E-state index is 13.5. The highest BCUT2D eigenvalue weighted by atomic mass is 16.6. The van der Waals surface area contributed by atoms with Gasteiger partial charge in [0.2, 0.25) is 5.91 Å². The number of carboxylic acids is 1. The highest BCUT2D eigenvalue weighted by molar-refractivity contribution is 5.97. The van der Waals surface area contributed by atoms with E-state index in [4.69, 9.17) is 4.74 Å². The van der Waals surface area contributed by atoms with E-state index in [2.05, 4.69) is 20.6 Å². The zero-order valence-electron chi connectivity index (χ0n) is 23.7. The van der Waals surface area contributed by atoms with Crippen molar-refractivity contribution >= 4 is 29.7 Å². The maximum absolute atomic E-state index is 13.5. The number of benzene rings is 1. The van der Waals surface area contributed by atoms with E-state index in [9.17, 15) is 29.4 Å². The fraction of sp³-hybridized carbons (Fsp3) is 0.517. The molecule has 2 heterocycles. The molecule has 4 N–H and O–H groups in total. The molecule has 4 rings (SSSR count). The zero-order chi connectivity index (χ0) is 30.1. The lowest BCUT2D eigenvalue weighted by atomic mass is 9.92. The molecule has 3 atom stereocenters. The van der Waals surface area contributed by atoms with E-state index in [0.717, 1.165) is 19.3 Å². The van der Waals surface area contributed by atoms with Crippen LogP contribution in [0.3, 0.4) is 0 Å². The monoisotopic (exact) mass is 582 g/mol. The van der Waals surface area contributed by atoms with Crippen LogP contribution in [0.2, 0.25) is 0 Å². The van der Waals surface area contributed by atoms with Crippen LogP contribution in [0.25, 0.3) is 11.4 Å². The smallest absolute Gasteiger partial charge is 0.409 e. The molecule has 13 heteroatoms. The van der Waals surface area contributed by atoms with Crippen LogP contribution in [-0.4, -0.2) is 105 Å². The number of piperazine rings is 1. The molecule has 2 aliphatic rings. The standard InChI is InChI=1S/C29H38N6O7/c1-2-42-29(41)35-16-14-34(15-17-35)28(40)21(12-13-25(37)38)32-27(39)22-18-24(30-20-10-6-7-11-23(20)36)33-26(31-22)19-8-4-3-5-9-19/h3-5,8-9,18,20-21,23,36H,2,6-7,10-17H2,1H3,(H,32,39)(H,37,38)(H,30,31,33)/t20?,21-,23?/m0/s1. The van der Waals surface area contributed by atoms with Crippen molar-refractivity contribution in [3.05, 3.63) is 42.1 Å². The van der Waals surface area contributed by atoms with Crippen molar-refractivity contribution in [2.75, 3.05) is 38.1 Å². The summed E-state index contributed by atoms with van der Waals surface area (Å²) in [6.45, 7) is 2.93. The van der Waals surface area contributed by atoms with Crippen LogP contribution in [0.15, 0.2) is 36.4 Å². The second kappa shape index (κ2) is 14.6. The third-order valence-electron chi connectivity index (χ3n) is 7.42. The molecule has 3 amide bonds. The fourth-order valence-corrected chi connectivity index (χ4v) is 5.13. The predicted molar refractivity (Wildman–Crippen MR) is 153 cm³/mol. The van der Waals surface area contributed by atoms with Gasteiger partial charge in [-0.05, 0) is 26.2 Å². The summed E-state index contributed by atoms with van der Waals surface area (Å²) in [5, 5.41) is 25.7. The summed E-state index contributed by atoms with van der Waals surface area (Å²) in [5.41, 5.74) is 0.675. The molecule has 2 unspecified atom stereocenters. The Morgan fingerprint density at radius 1 is 1.02 bits per heavy atom. The number of anilines is 1. The Morgan fingerprint density at radius 3 is 2.38 bits per heavy atom. The van der Waals surface area contributed by atoms with Gasteiger partial charge in [-0.1, -0.05) is 43.2 Å². The van der Waals surface area contributed by atoms with Gasteiger partial charge in [-0.25, -0.2) is 14.8 Å². The van der Waals surface area contributed by atoms with E-state index in [0.29, 0.717) is 23.6 Å². The van der Waals surface area contributed by atoms with Gasteiger partial charge in [0.1, 0.15) is 17.6 Å². The second-order valence-corrected chi connectivity index (χ2v) is 10.4. The van der Waals surface area contributed by atoms with Crippen molar-refractivity contribution < 1.29 is 34.1 Å². The molecule has 1 aliphatic heterocycles. The largest absolute Gasteiger partial charge is 0.481 e. The van der Waals surface area contributed by atoms with Gasteiger partial charge in [-0.15, -0.1) is 0 Å². The predicted octanol–water partition coefficient (Wildman–Crippen LogP) is 2.12. The Kier molecular flexibility index (Phi) is 10.7. The molecule has 2 aromatic rings. The van der Waals surface area contributed by atoms with Crippen molar-refractivity contribution in [3.8, 4) is 11.4 Å². The molecule has 2 fully saturated rings. The Bertz CT molecular complexity index is 1250. The van der Waals surface area contributed by atoms with Gasteiger partial charge >= 0.3 is 12.1 Å². The van der Waals surface area contributed by atoms with Gasteiger partial charge in [0.25, 0.3) is 5.91 Å². The first-order valence-electron chi connectivity index (χ1n) is 14.4. The lowest BCUT2D eigenvalue weighted by Crippen LogP contribution is -2.56. The van der Waals surface area contributed by atoms with Crippen LogP contribution in [0.4, 0.5) is 10.6 Å². The minimum Gasteiger partial charge on any atom is -0.481 e. The number of nitrogens with zero attached hydrogens (tertiary/aromatic N) is 4. The van der Waals surface area contributed by atoms with Crippen molar-refractivity contribution in [2.45, 2.75) is 63.6 Å². The number of aliphatic hydroxyl groups excluding tert-OH is 1. The number of rotatable bonds is 10. The van der Waals surface area contributed by atoms with Gasteiger partial charge in [0, 0.05) is 44.2 Å². The number of nitrogens with one attached hydrogen (secondary N) is 2. The van der Waals surface area contributed by atoms with Gasteiger partial charge in [-0.3, -0.25) is 14.4 Å². The average molecular weight is 583 g/mol. The van der Waals surface area contributed by atoms with E-state index < -0.39 is 36.0 Å². The molecule has 1 saturated heterocycles. The van der Waals surface area contributed by atoms with Crippen molar-refractivity contribution in [1.29, 1.82) is 0 Å². The SMILES string of the molecule is CCOC(=O)N1CCN(C(=O)[C@H](CCC(=O)O)NC(=O)c2cc(NC3CCCCC3O)nc(-c3ccccc3)n2)CC1. The molecule has 0 spiro atoms. The number of aliphatic hydroxyl groups is 1. The summed E-state index contributed by atoms with van der Waals surface area (Å²) in [5.74, 6) is -1.53. The number of ether oxygens (including phenoxy) is 1. The highest BCUT2D eigenvalue weighted by Gasteiger charge is 2.31. The van der Waals surface area contributed by atoms with E-state index in [1.807, 2.05) is 30.3 Å². The van der Waals surface area contributed by atoms with Gasteiger partial charge in [0.05, 0.1) is 18.8 Å². The molecular weight excluding hydrogens is 544 g/mol. The number of aliphatic carboxylic acids is 1. The Morgan fingerprint density at radius 2 is 1.71 bits per heavy atom. The van der Waals surface area contributed by atoms with E-state index in [-0.39, 0.29) is 57.4 Å². The maximum Gasteiger partial charge on any atom is 0.409 e.